The molecule has 0 radical (unpaired) electrons. The molecular weight excluding hydrogens is 364 g/mol. The highest BCUT2D eigenvalue weighted by Crippen LogP contribution is 2.20. The third kappa shape index (κ3) is 4.29. The summed E-state index contributed by atoms with van der Waals surface area (Å²) in [7, 11) is 1.49. The van der Waals surface area contributed by atoms with Crippen LogP contribution in [-0.4, -0.2) is 22.9 Å². The lowest BCUT2D eigenvalue weighted by Crippen LogP contribution is -2.21. The van der Waals surface area contributed by atoms with Crippen molar-refractivity contribution >= 4 is 11.7 Å². The number of halogens is 2. The maximum absolute atomic E-state index is 13.7. The Hall–Kier alpha value is -3.39. The number of hydrogen-bond acceptors (Lipinski definition) is 5. The van der Waals surface area contributed by atoms with E-state index in [0.717, 1.165) is 11.1 Å². The smallest absolute Gasteiger partial charge is 0.273 e. The van der Waals surface area contributed by atoms with E-state index < -0.39 is 17.5 Å². The van der Waals surface area contributed by atoms with Gasteiger partial charge >= 0.3 is 0 Å². The highest BCUT2D eigenvalue weighted by molar-refractivity contribution is 5.96. The molecule has 6 nitrogen and oxygen atoms in total. The van der Waals surface area contributed by atoms with Crippen LogP contribution in [0.1, 0.15) is 21.6 Å². The van der Waals surface area contributed by atoms with Gasteiger partial charge in [-0.25, -0.2) is 18.7 Å². The molecule has 0 unspecified atom stereocenters. The maximum atomic E-state index is 13.7. The Morgan fingerprint density at radius 3 is 2.54 bits per heavy atom. The molecule has 0 spiro atoms. The third-order valence-electron chi connectivity index (χ3n) is 4.16. The van der Waals surface area contributed by atoms with E-state index in [4.69, 9.17) is 5.73 Å². The Morgan fingerprint density at radius 2 is 1.82 bits per heavy atom. The number of benzene rings is 2. The van der Waals surface area contributed by atoms with Gasteiger partial charge in [-0.2, -0.15) is 0 Å². The van der Waals surface area contributed by atoms with Crippen LogP contribution in [0.5, 0.6) is 0 Å². The van der Waals surface area contributed by atoms with E-state index in [-0.39, 0.29) is 23.6 Å². The summed E-state index contributed by atoms with van der Waals surface area (Å²) < 4.78 is 27.4. The van der Waals surface area contributed by atoms with Crippen LogP contribution in [0.3, 0.4) is 0 Å². The van der Waals surface area contributed by atoms with E-state index in [9.17, 15) is 13.6 Å². The monoisotopic (exact) mass is 383 g/mol. The number of nitrogens with one attached hydrogen (secondary N) is 2. The largest absolute Gasteiger partial charge is 0.382 e. The molecule has 3 aromatic rings. The number of amides is 1. The molecule has 1 aromatic heterocycles. The summed E-state index contributed by atoms with van der Waals surface area (Å²) in [6.45, 7) is 0.456. The first-order valence-corrected chi connectivity index (χ1v) is 8.57. The number of aromatic nitrogens is 2. The Bertz CT molecular complexity index is 989. The lowest BCUT2D eigenvalue weighted by atomic mass is 10.1. The molecule has 2 aromatic carbocycles. The van der Waals surface area contributed by atoms with E-state index in [1.54, 1.807) is 0 Å². The molecule has 3 rings (SSSR count). The van der Waals surface area contributed by atoms with Crippen molar-refractivity contribution in [3.8, 4) is 11.3 Å². The Balaban J connectivity index is 1.75. The van der Waals surface area contributed by atoms with E-state index in [1.807, 2.05) is 24.3 Å². The molecule has 8 heteroatoms. The van der Waals surface area contributed by atoms with Gasteiger partial charge in [-0.05, 0) is 23.8 Å². The van der Waals surface area contributed by atoms with Crippen LogP contribution < -0.4 is 16.4 Å². The molecule has 28 heavy (non-hydrogen) atoms. The molecule has 0 fully saturated rings. The fourth-order valence-electron chi connectivity index (χ4n) is 2.70. The summed E-state index contributed by atoms with van der Waals surface area (Å²) >= 11 is 0. The van der Waals surface area contributed by atoms with Crippen molar-refractivity contribution in [3.05, 3.63) is 77.1 Å². The van der Waals surface area contributed by atoms with E-state index in [2.05, 4.69) is 20.6 Å². The van der Waals surface area contributed by atoms with E-state index in [0.29, 0.717) is 12.2 Å². The predicted octanol–water partition coefficient (Wildman–Crippen LogP) is 2.65. The number of hydrogen-bond donors (Lipinski definition) is 3. The molecule has 0 aliphatic heterocycles. The van der Waals surface area contributed by atoms with Gasteiger partial charge in [0, 0.05) is 31.3 Å². The molecular formula is C20H19F2N5O. The topological polar surface area (TPSA) is 92.9 Å². The first kappa shape index (κ1) is 19.4. The number of nitrogen functional groups attached to an aromatic ring is 1. The fraction of sp³-hybridized carbons (Fsp3) is 0.150. The SMILES string of the molecule is CNC(=O)c1nc(-c2cccc(CNCc3c(F)cccc3F)c2)cnc1N. The van der Waals surface area contributed by atoms with Gasteiger partial charge in [-0.15, -0.1) is 0 Å². The predicted molar refractivity (Wildman–Crippen MR) is 102 cm³/mol. The number of carbonyl (C=O) groups excluding carboxylic acids is 1. The maximum Gasteiger partial charge on any atom is 0.273 e. The molecule has 0 saturated carbocycles. The number of anilines is 1. The minimum atomic E-state index is -0.583. The number of nitrogens with two attached hydrogens (primary N) is 1. The minimum absolute atomic E-state index is 0.00160. The minimum Gasteiger partial charge on any atom is -0.382 e. The van der Waals surface area contributed by atoms with Crippen molar-refractivity contribution in [2.75, 3.05) is 12.8 Å². The van der Waals surface area contributed by atoms with Gasteiger partial charge in [0.25, 0.3) is 5.91 Å². The summed E-state index contributed by atoms with van der Waals surface area (Å²) in [5.41, 5.74) is 7.89. The Labute approximate surface area is 160 Å². The summed E-state index contributed by atoms with van der Waals surface area (Å²) in [4.78, 5) is 20.2. The lowest BCUT2D eigenvalue weighted by Gasteiger charge is -2.09. The van der Waals surface area contributed by atoms with Crippen LogP contribution in [0, 0.1) is 11.6 Å². The van der Waals surface area contributed by atoms with E-state index >= 15 is 0 Å². The normalized spacial score (nSPS) is 10.7. The summed E-state index contributed by atoms with van der Waals surface area (Å²) in [5.74, 6) is -1.54. The third-order valence-corrected chi connectivity index (χ3v) is 4.16. The molecule has 144 valence electrons. The van der Waals surface area contributed by atoms with Gasteiger partial charge in [0.1, 0.15) is 11.6 Å². The Kier molecular flexibility index (Phi) is 5.90. The van der Waals surface area contributed by atoms with Crippen molar-refractivity contribution in [1.82, 2.24) is 20.6 Å². The standard InChI is InChI=1S/C20H19F2N5O/c1-24-20(28)18-19(23)26-11-17(27-18)13-5-2-4-12(8-13)9-25-10-14-15(21)6-3-7-16(14)22/h2-8,11,25H,9-10H2,1H3,(H2,23,26)(H,24,28). The van der Waals surface area contributed by atoms with Crippen LogP contribution in [0.2, 0.25) is 0 Å². The summed E-state index contributed by atoms with van der Waals surface area (Å²) in [5, 5.41) is 5.50. The fourth-order valence-corrected chi connectivity index (χ4v) is 2.70. The second kappa shape index (κ2) is 8.53. The molecule has 0 aliphatic carbocycles. The zero-order valence-electron chi connectivity index (χ0n) is 15.2. The van der Waals surface area contributed by atoms with Crippen LogP contribution in [0.25, 0.3) is 11.3 Å². The summed E-state index contributed by atoms with van der Waals surface area (Å²) in [6, 6.07) is 11.2. The summed E-state index contributed by atoms with van der Waals surface area (Å²) in [6.07, 6.45) is 1.49. The van der Waals surface area contributed by atoms with Crippen molar-refractivity contribution < 1.29 is 13.6 Å². The number of nitrogens with zero attached hydrogens (tertiary/aromatic N) is 2. The molecule has 1 heterocycles. The zero-order valence-corrected chi connectivity index (χ0v) is 15.2. The number of carbonyl (C=O) groups is 1. The van der Waals surface area contributed by atoms with Crippen molar-refractivity contribution in [1.29, 1.82) is 0 Å². The van der Waals surface area contributed by atoms with Crippen LogP contribution in [-0.2, 0) is 13.1 Å². The first-order chi connectivity index (χ1) is 13.5. The van der Waals surface area contributed by atoms with Crippen molar-refractivity contribution in [2.24, 2.45) is 0 Å². The van der Waals surface area contributed by atoms with Gasteiger partial charge in [0.2, 0.25) is 0 Å². The average Bonchev–Trinajstić information content (AvgIpc) is 2.70. The second-order valence-electron chi connectivity index (χ2n) is 6.07. The molecule has 4 N–H and O–H groups in total. The Morgan fingerprint density at radius 1 is 1.11 bits per heavy atom. The van der Waals surface area contributed by atoms with Crippen LogP contribution >= 0.6 is 0 Å². The molecule has 1 amide bonds. The first-order valence-electron chi connectivity index (χ1n) is 8.57. The van der Waals surface area contributed by atoms with Crippen molar-refractivity contribution in [3.63, 3.8) is 0 Å². The van der Waals surface area contributed by atoms with Gasteiger partial charge < -0.3 is 16.4 Å². The lowest BCUT2D eigenvalue weighted by molar-refractivity contribution is 0.0959. The van der Waals surface area contributed by atoms with Crippen LogP contribution in [0.15, 0.2) is 48.7 Å². The quantitative estimate of drug-likeness (QED) is 0.609. The molecule has 0 bridgehead atoms. The number of rotatable bonds is 6. The molecule has 0 saturated heterocycles. The second-order valence-corrected chi connectivity index (χ2v) is 6.07. The zero-order chi connectivity index (χ0) is 20.1. The van der Waals surface area contributed by atoms with E-state index in [1.165, 1.54) is 31.4 Å². The van der Waals surface area contributed by atoms with Gasteiger partial charge in [0.15, 0.2) is 11.5 Å². The van der Waals surface area contributed by atoms with Gasteiger partial charge in [0.05, 0.1) is 11.9 Å². The highest BCUT2D eigenvalue weighted by atomic mass is 19.1. The molecule has 0 atom stereocenters. The van der Waals surface area contributed by atoms with Crippen molar-refractivity contribution in [2.45, 2.75) is 13.1 Å². The average molecular weight is 383 g/mol. The van der Waals surface area contributed by atoms with Crippen LogP contribution in [0.4, 0.5) is 14.6 Å². The van der Waals surface area contributed by atoms with Gasteiger partial charge in [-0.3, -0.25) is 4.79 Å². The highest BCUT2D eigenvalue weighted by Gasteiger charge is 2.13. The van der Waals surface area contributed by atoms with Gasteiger partial charge in [-0.1, -0.05) is 24.3 Å². The molecule has 0 aliphatic rings.